The molecule has 12 heteroatoms. The van der Waals surface area contributed by atoms with Gasteiger partial charge in [-0.05, 0) is 135 Å². The summed E-state index contributed by atoms with van der Waals surface area (Å²) < 4.78 is 35.1. The van der Waals surface area contributed by atoms with Crippen LogP contribution in [0.25, 0.3) is 54.7 Å². The van der Waals surface area contributed by atoms with Gasteiger partial charge in [0.25, 0.3) is 0 Å². The number of esters is 2. The fourth-order valence-corrected chi connectivity index (χ4v) is 14.8. The Hall–Kier alpha value is -7.12. The maximum absolute atomic E-state index is 13.5. The molecule has 0 fully saturated rings. The zero-order valence-corrected chi connectivity index (χ0v) is 41.4. The lowest BCUT2D eigenvalue weighted by molar-refractivity contribution is 0.0594. The van der Waals surface area contributed by atoms with E-state index < -0.39 is 28.8 Å². The standard InChI is InChI=1S/C58H52N4O6P2/c1-37-33-59(49-25-13-9-19-41(37)49)69(61-35-47(57(63)65-3)45-23-11-15-27-51(45)61)67-53-31-29-39-17-5-7-21-43(39)55(53)56-44-22-8-6-18-40(44)30-32-54(56)68-70(60-34-38(2)42-20-10-14-26-50(42)60)62-36-48(58(64)66-4)46-24-12-16-28-52(46)62/h9-16,19-20,23-36H,5-8,17-18,21-22H2,1-4H3. The number of hydrogen-bond donors (Lipinski definition) is 0. The Bertz CT molecular complexity index is 3470. The first-order chi connectivity index (χ1) is 34.3. The van der Waals surface area contributed by atoms with Crippen molar-refractivity contribution in [1.29, 1.82) is 0 Å². The summed E-state index contributed by atoms with van der Waals surface area (Å²) in [6, 6.07) is 41.8. The molecular weight excluding hydrogens is 911 g/mol. The third kappa shape index (κ3) is 7.30. The highest BCUT2D eigenvalue weighted by Crippen LogP contribution is 2.56. The molecule has 2 unspecified atom stereocenters. The van der Waals surface area contributed by atoms with E-state index in [1.54, 1.807) is 0 Å². The molecule has 6 aromatic carbocycles. The molecule has 2 atom stereocenters. The van der Waals surface area contributed by atoms with Gasteiger partial charge in [-0.3, -0.25) is 17.4 Å². The summed E-state index contributed by atoms with van der Waals surface area (Å²) in [5.74, 6) is 0.715. The van der Waals surface area contributed by atoms with Crippen LogP contribution in [-0.4, -0.2) is 43.5 Å². The lowest BCUT2D eigenvalue weighted by Crippen LogP contribution is -2.13. The minimum absolute atomic E-state index is 0.401. The fraction of sp³-hybridized carbons (Fsp3) is 0.207. The third-order valence-electron chi connectivity index (χ3n) is 14.3. The Kier molecular flexibility index (Phi) is 11.3. The highest BCUT2D eigenvalue weighted by atomic mass is 31.2. The van der Waals surface area contributed by atoms with E-state index in [-0.39, 0.29) is 0 Å². The van der Waals surface area contributed by atoms with E-state index in [1.807, 2.05) is 48.8 Å². The van der Waals surface area contributed by atoms with Crippen LogP contribution < -0.4 is 9.05 Å². The number of nitrogens with zero attached hydrogens (tertiary/aromatic N) is 4. The molecule has 0 spiro atoms. The molecule has 4 aromatic heterocycles. The van der Waals surface area contributed by atoms with Crippen LogP contribution >= 0.6 is 16.9 Å². The smallest absolute Gasteiger partial charge is 0.340 e. The number of benzene rings is 6. The number of aromatic nitrogens is 4. The van der Waals surface area contributed by atoms with E-state index >= 15 is 0 Å². The quantitative estimate of drug-likeness (QED) is 0.0947. The van der Waals surface area contributed by atoms with Crippen LogP contribution in [0.2, 0.25) is 0 Å². The Morgan fingerprint density at radius 2 is 0.771 bits per heavy atom. The minimum atomic E-state index is -1.75. The van der Waals surface area contributed by atoms with Crippen LogP contribution in [0.5, 0.6) is 11.5 Å². The highest BCUT2D eigenvalue weighted by molar-refractivity contribution is 7.50. The van der Waals surface area contributed by atoms with Crippen LogP contribution in [0.3, 0.4) is 0 Å². The molecular formula is C58H52N4O6P2. The van der Waals surface area contributed by atoms with Gasteiger partial charge < -0.3 is 18.5 Å². The number of carbonyl (C=O) groups excluding carboxylic acids is 2. The van der Waals surface area contributed by atoms with Crippen molar-refractivity contribution in [3.05, 3.63) is 191 Å². The molecule has 0 amide bonds. The van der Waals surface area contributed by atoms with E-state index in [4.69, 9.17) is 18.5 Å². The summed E-state index contributed by atoms with van der Waals surface area (Å²) in [4.78, 5) is 27.0. The van der Waals surface area contributed by atoms with Gasteiger partial charge in [-0.15, -0.1) is 0 Å². The Labute approximate surface area is 408 Å². The molecule has 70 heavy (non-hydrogen) atoms. The highest BCUT2D eigenvalue weighted by Gasteiger charge is 2.34. The first kappa shape index (κ1) is 44.1. The van der Waals surface area contributed by atoms with Crippen molar-refractivity contribution in [3.8, 4) is 22.6 Å². The number of methoxy groups -OCH3 is 2. The van der Waals surface area contributed by atoms with Crippen LogP contribution in [0, 0.1) is 13.8 Å². The molecule has 2 aliphatic carbocycles. The fourth-order valence-electron chi connectivity index (χ4n) is 11.0. The van der Waals surface area contributed by atoms with Gasteiger partial charge in [0, 0.05) is 57.5 Å². The monoisotopic (exact) mass is 962 g/mol. The first-order valence-corrected chi connectivity index (χ1v) is 26.4. The number of aryl methyl sites for hydroxylation is 4. The number of rotatable bonds is 11. The lowest BCUT2D eigenvalue weighted by atomic mass is 9.80. The second kappa shape index (κ2) is 18.0. The Morgan fingerprint density at radius 3 is 1.17 bits per heavy atom. The number of fused-ring (bicyclic) bond motifs is 6. The predicted octanol–water partition coefficient (Wildman–Crippen LogP) is 14.5. The summed E-state index contributed by atoms with van der Waals surface area (Å²) in [6.07, 6.45) is 16.3. The molecule has 4 heterocycles. The van der Waals surface area contributed by atoms with E-state index in [0.717, 1.165) is 129 Å². The Balaban J connectivity index is 1.11. The molecule has 12 rings (SSSR count). The van der Waals surface area contributed by atoms with Crippen LogP contribution in [-0.2, 0) is 35.2 Å². The van der Waals surface area contributed by atoms with Crippen molar-refractivity contribution in [2.24, 2.45) is 0 Å². The van der Waals surface area contributed by atoms with Gasteiger partial charge in [-0.1, -0.05) is 84.9 Å². The molecule has 2 aliphatic rings. The van der Waals surface area contributed by atoms with E-state index in [9.17, 15) is 9.59 Å². The maximum atomic E-state index is 13.5. The van der Waals surface area contributed by atoms with Crippen LogP contribution in [0.15, 0.2) is 146 Å². The average molecular weight is 963 g/mol. The lowest BCUT2D eigenvalue weighted by Gasteiger charge is -2.31. The van der Waals surface area contributed by atoms with Gasteiger partial charge in [-0.25, -0.2) is 9.59 Å². The van der Waals surface area contributed by atoms with E-state index in [1.165, 1.54) is 36.5 Å². The molecule has 0 N–H and O–H groups in total. The summed E-state index contributed by atoms with van der Waals surface area (Å²) in [5, 5.41) is 3.86. The number of hydrogen-bond acceptors (Lipinski definition) is 6. The van der Waals surface area contributed by atoms with Gasteiger partial charge in [0.15, 0.2) is 0 Å². The molecule has 10 aromatic rings. The number of carbonyl (C=O) groups is 2. The van der Waals surface area contributed by atoms with Gasteiger partial charge >= 0.3 is 28.8 Å². The molecule has 0 aliphatic heterocycles. The second-order valence-electron chi connectivity index (χ2n) is 18.4. The van der Waals surface area contributed by atoms with Crippen LogP contribution in [0.1, 0.15) is 79.8 Å². The van der Waals surface area contributed by atoms with E-state index in [0.29, 0.717) is 11.1 Å². The van der Waals surface area contributed by atoms with Crippen molar-refractivity contribution < 1.29 is 28.1 Å². The first-order valence-electron chi connectivity index (χ1n) is 24.1. The molecule has 350 valence electrons. The number of para-hydroxylation sites is 4. The topological polar surface area (TPSA) is 90.8 Å². The second-order valence-corrected chi connectivity index (χ2v) is 21.5. The molecule has 10 nitrogen and oxygen atoms in total. The third-order valence-corrected chi connectivity index (χ3v) is 17.8. The molecule has 0 radical (unpaired) electrons. The van der Waals surface area contributed by atoms with Gasteiger partial charge in [-0.2, -0.15) is 0 Å². The SMILES string of the molecule is COC(=O)c1cn(P(Oc2ccc3c(c2-c2c(OP(n4cc(C)c5ccccc54)n4cc(C(=O)OC)c5ccccc54)ccc4c2CCCC4)CCCC3)n2cc(C)c3ccccc32)c2ccccc12. The summed E-state index contributed by atoms with van der Waals surface area (Å²) >= 11 is 0. The zero-order valence-electron chi connectivity index (χ0n) is 39.6. The van der Waals surface area contributed by atoms with Crippen molar-refractivity contribution in [3.63, 3.8) is 0 Å². The van der Waals surface area contributed by atoms with Crippen molar-refractivity contribution in [1.82, 2.24) is 17.4 Å². The summed E-state index contributed by atoms with van der Waals surface area (Å²) in [7, 11) is -0.641. The van der Waals surface area contributed by atoms with Crippen LogP contribution in [0.4, 0.5) is 0 Å². The Morgan fingerprint density at radius 1 is 0.429 bits per heavy atom. The largest absolute Gasteiger partial charge is 0.465 e. The van der Waals surface area contributed by atoms with Gasteiger partial charge in [0.1, 0.15) is 11.5 Å². The van der Waals surface area contributed by atoms with Gasteiger partial charge in [0.2, 0.25) is 0 Å². The summed E-state index contributed by atoms with van der Waals surface area (Å²) in [5.41, 5.74) is 14.4. The van der Waals surface area contributed by atoms with E-state index in [2.05, 4.69) is 129 Å². The van der Waals surface area contributed by atoms with Gasteiger partial charge in [0.05, 0.1) is 47.4 Å². The predicted molar refractivity (Wildman–Crippen MR) is 282 cm³/mol. The molecule has 0 bridgehead atoms. The minimum Gasteiger partial charge on any atom is -0.465 e. The number of ether oxygens (including phenoxy) is 2. The summed E-state index contributed by atoms with van der Waals surface area (Å²) in [6.45, 7) is 4.28. The maximum Gasteiger partial charge on any atom is 0.340 e. The average Bonchev–Trinajstić information content (AvgIpc) is 4.17. The molecule has 0 saturated heterocycles. The molecule has 0 saturated carbocycles. The van der Waals surface area contributed by atoms with Crippen molar-refractivity contribution >= 4 is 72.5 Å². The van der Waals surface area contributed by atoms with Crippen molar-refractivity contribution in [2.45, 2.75) is 65.2 Å². The normalized spacial score (nSPS) is 14.4. The van der Waals surface area contributed by atoms with Crippen molar-refractivity contribution in [2.75, 3.05) is 14.2 Å². The zero-order chi connectivity index (χ0) is 47.6.